The van der Waals surface area contributed by atoms with Crippen molar-refractivity contribution < 1.29 is 41.0 Å². The molecule has 10 nitrogen and oxygen atoms in total. The first kappa shape index (κ1) is 36.2. The van der Waals surface area contributed by atoms with E-state index in [4.69, 9.17) is 25.9 Å². The Hall–Kier alpha value is -4.81. The van der Waals surface area contributed by atoms with E-state index in [0.717, 1.165) is 6.42 Å². The molecule has 0 unspecified atom stereocenters. The number of ether oxygens (including phenoxy) is 3. The number of anilines is 1. The fourth-order valence-electron chi connectivity index (χ4n) is 8.64. The summed E-state index contributed by atoms with van der Waals surface area (Å²) in [5.41, 5.74) is -0.778. The topological polar surface area (TPSA) is 93.2 Å². The Morgan fingerprint density at radius 1 is 1.04 bits per heavy atom. The van der Waals surface area contributed by atoms with Gasteiger partial charge in [-0.05, 0) is 70.9 Å². The maximum atomic E-state index is 17.2. The zero-order valence-corrected chi connectivity index (χ0v) is 30.1. The zero-order valence-electron chi connectivity index (χ0n) is 30.1. The maximum absolute atomic E-state index is 17.2. The highest BCUT2D eigenvalue weighted by atomic mass is 19.4. The van der Waals surface area contributed by atoms with Gasteiger partial charge in [0.1, 0.15) is 35.1 Å². The number of hydrogen-bond acceptors (Lipinski definition) is 9. The van der Waals surface area contributed by atoms with Crippen molar-refractivity contribution >= 4 is 33.6 Å². The summed E-state index contributed by atoms with van der Waals surface area (Å²) in [6, 6.07) is 7.55. The van der Waals surface area contributed by atoms with Gasteiger partial charge >= 0.3 is 18.5 Å². The van der Waals surface area contributed by atoms with Gasteiger partial charge in [-0.1, -0.05) is 30.2 Å². The molecule has 2 aromatic heterocycles. The molecule has 54 heavy (non-hydrogen) atoms. The molecule has 0 aliphatic carbocycles. The van der Waals surface area contributed by atoms with Gasteiger partial charge in [-0.15, -0.1) is 19.6 Å². The third-order valence-electron chi connectivity index (χ3n) is 10.9. The molecule has 0 radical (unpaired) electrons. The van der Waals surface area contributed by atoms with Crippen LogP contribution >= 0.6 is 0 Å². The largest absolute Gasteiger partial charge is 0.522 e. The third kappa shape index (κ3) is 6.53. The molecule has 1 amide bonds. The van der Waals surface area contributed by atoms with Crippen LogP contribution in [0.4, 0.5) is 32.6 Å². The second-order valence-corrected chi connectivity index (χ2v) is 15.5. The smallest absolute Gasteiger partial charge is 0.461 e. The van der Waals surface area contributed by atoms with Crippen LogP contribution in [-0.4, -0.2) is 99.8 Å². The molecule has 0 bridgehead atoms. The number of benzene rings is 2. The number of amides is 1. The van der Waals surface area contributed by atoms with E-state index in [9.17, 15) is 18.0 Å². The predicted octanol–water partition coefficient (Wildman–Crippen LogP) is 7.00. The molecule has 3 fully saturated rings. The maximum Gasteiger partial charge on any atom is 0.522 e. The van der Waals surface area contributed by atoms with Crippen molar-refractivity contribution in [2.24, 2.45) is 0 Å². The number of piperazine rings is 1. The monoisotopic (exact) mass is 750 g/mol. The van der Waals surface area contributed by atoms with Gasteiger partial charge in [-0.2, -0.15) is 9.97 Å². The summed E-state index contributed by atoms with van der Waals surface area (Å²) in [5, 5.41) is 1.33. The van der Waals surface area contributed by atoms with Gasteiger partial charge < -0.3 is 19.3 Å². The van der Waals surface area contributed by atoms with Crippen LogP contribution in [0, 0.1) is 24.0 Å². The molecular formula is C39H39F5N6O4. The summed E-state index contributed by atoms with van der Waals surface area (Å²) >= 11 is 0. The summed E-state index contributed by atoms with van der Waals surface area (Å²) in [5.74, 6) is 1.39. The highest BCUT2D eigenvalue weighted by molar-refractivity contribution is 6.02. The van der Waals surface area contributed by atoms with Crippen LogP contribution in [0.3, 0.4) is 0 Å². The molecule has 3 atom stereocenters. The number of carbonyl (C=O) groups is 1. The molecule has 0 N–H and O–H groups in total. The van der Waals surface area contributed by atoms with Crippen molar-refractivity contribution in [2.45, 2.75) is 82.5 Å². The summed E-state index contributed by atoms with van der Waals surface area (Å²) < 4.78 is 88.1. The van der Waals surface area contributed by atoms with Crippen LogP contribution in [0.2, 0.25) is 0 Å². The number of carbonyl (C=O) groups excluding carboxylic acids is 1. The standard InChI is InChI=1S/C39H39F5N6O4/c1-5-25-27(40)12-10-22-8-6-9-26(29(22)25)32-31(41)33-30-28(45-32)13-11-23-19-48(36(51)54-37(2,3)4)16-17-50(23)34(30)47-35(46-33)52-21-38-14-7-15-49(38)20-24(18-38)53-39(42,43)44/h1,6,8-10,12,23-24H,7,11,13-21H2,2-4H3/t23-,24+,38+/m1/s1. The Morgan fingerprint density at radius 2 is 1.85 bits per heavy atom. The number of pyridine rings is 1. The summed E-state index contributed by atoms with van der Waals surface area (Å²) in [6.07, 6.45) is 1.86. The number of nitrogens with zero attached hydrogens (tertiary/aromatic N) is 6. The van der Waals surface area contributed by atoms with E-state index in [0.29, 0.717) is 78.7 Å². The van der Waals surface area contributed by atoms with Gasteiger partial charge in [0.2, 0.25) is 0 Å². The van der Waals surface area contributed by atoms with E-state index in [-0.39, 0.29) is 48.4 Å². The number of hydrogen-bond donors (Lipinski definition) is 0. The van der Waals surface area contributed by atoms with Gasteiger partial charge in [0.15, 0.2) is 5.82 Å². The highest BCUT2D eigenvalue weighted by Gasteiger charge is 2.52. The van der Waals surface area contributed by atoms with Crippen LogP contribution in [0.1, 0.15) is 57.7 Å². The number of halogens is 5. The van der Waals surface area contributed by atoms with Crippen LogP contribution in [-0.2, 0) is 15.9 Å². The van der Waals surface area contributed by atoms with Crippen molar-refractivity contribution in [2.75, 3.05) is 44.2 Å². The van der Waals surface area contributed by atoms with Crippen LogP contribution < -0.4 is 9.64 Å². The first-order valence-corrected chi connectivity index (χ1v) is 18.1. The minimum atomic E-state index is -4.77. The second kappa shape index (κ2) is 13.2. The van der Waals surface area contributed by atoms with E-state index >= 15 is 8.78 Å². The Labute approximate surface area is 308 Å². The molecule has 6 heterocycles. The number of aromatic nitrogens is 3. The second-order valence-electron chi connectivity index (χ2n) is 15.5. The predicted molar refractivity (Wildman–Crippen MR) is 190 cm³/mol. The van der Waals surface area contributed by atoms with E-state index in [1.807, 2.05) is 9.80 Å². The van der Waals surface area contributed by atoms with Gasteiger partial charge in [-0.25, -0.2) is 18.6 Å². The molecular weight excluding hydrogens is 711 g/mol. The fourth-order valence-corrected chi connectivity index (χ4v) is 8.64. The number of aryl methyl sites for hydroxylation is 1. The van der Waals surface area contributed by atoms with Crippen molar-refractivity contribution in [3.8, 4) is 29.6 Å². The highest BCUT2D eigenvalue weighted by Crippen LogP contribution is 2.44. The average Bonchev–Trinajstić information content (AvgIpc) is 3.59. The summed E-state index contributed by atoms with van der Waals surface area (Å²) in [4.78, 5) is 33.1. The number of terminal acetylenes is 1. The number of alkyl halides is 3. The summed E-state index contributed by atoms with van der Waals surface area (Å²) in [7, 11) is 0. The quantitative estimate of drug-likeness (QED) is 0.158. The lowest BCUT2D eigenvalue weighted by molar-refractivity contribution is -0.340. The molecule has 4 aromatic rings. The zero-order chi connectivity index (χ0) is 38.2. The number of fused-ring (bicyclic) bond motifs is 4. The minimum Gasteiger partial charge on any atom is -0.461 e. The average molecular weight is 751 g/mol. The Morgan fingerprint density at radius 3 is 2.61 bits per heavy atom. The van der Waals surface area contributed by atoms with Crippen LogP contribution in [0.5, 0.6) is 6.01 Å². The van der Waals surface area contributed by atoms with E-state index in [1.54, 1.807) is 49.9 Å². The molecule has 0 saturated carbocycles. The van der Waals surface area contributed by atoms with Gasteiger partial charge in [0.05, 0.1) is 28.3 Å². The Balaban J connectivity index is 1.23. The fraction of sp³-hybridized carbons (Fsp3) is 0.487. The van der Waals surface area contributed by atoms with Crippen molar-refractivity contribution in [1.29, 1.82) is 0 Å². The van der Waals surface area contributed by atoms with Crippen LogP contribution in [0.25, 0.3) is 32.9 Å². The molecule has 15 heteroatoms. The Bertz CT molecular complexity index is 2200. The van der Waals surface area contributed by atoms with Crippen molar-refractivity contribution in [1.82, 2.24) is 24.8 Å². The van der Waals surface area contributed by atoms with Gasteiger partial charge in [0.25, 0.3) is 0 Å². The van der Waals surface area contributed by atoms with Gasteiger partial charge in [-0.3, -0.25) is 9.64 Å². The lowest BCUT2D eigenvalue weighted by Crippen LogP contribution is -2.55. The third-order valence-corrected chi connectivity index (χ3v) is 10.9. The molecule has 4 aliphatic heterocycles. The van der Waals surface area contributed by atoms with Crippen LogP contribution in [0.15, 0.2) is 30.3 Å². The van der Waals surface area contributed by atoms with Gasteiger partial charge in [0, 0.05) is 43.2 Å². The molecule has 2 aromatic carbocycles. The first-order valence-electron chi connectivity index (χ1n) is 18.1. The SMILES string of the molecule is C#Cc1c(F)ccc2cccc(-c3nc4c5c(nc(OC[C@@]67CCCN6C[C@@H](OC(F)(F)F)C7)nc5c3F)N3CCN(C(=O)OC(C)(C)C)C[C@H]3CC4)c12. The lowest BCUT2D eigenvalue weighted by Gasteiger charge is -2.41. The van der Waals surface area contributed by atoms with E-state index in [1.165, 1.54) is 6.07 Å². The molecule has 0 spiro atoms. The number of rotatable bonds is 5. The molecule has 4 aliphatic rings. The van der Waals surface area contributed by atoms with Crippen molar-refractivity contribution in [3.63, 3.8) is 0 Å². The summed E-state index contributed by atoms with van der Waals surface area (Å²) in [6.45, 7) is 7.04. The molecule has 284 valence electrons. The van der Waals surface area contributed by atoms with E-state index < -0.39 is 41.3 Å². The normalized spacial score (nSPS) is 22.9. The molecule has 8 rings (SSSR count). The lowest BCUT2D eigenvalue weighted by atomic mass is 9.94. The van der Waals surface area contributed by atoms with Crippen molar-refractivity contribution in [3.05, 3.63) is 53.2 Å². The van der Waals surface area contributed by atoms with E-state index in [2.05, 4.69) is 15.6 Å². The Kier molecular flexibility index (Phi) is 8.84. The molecule has 3 saturated heterocycles. The minimum absolute atomic E-state index is 0.0215. The first-order chi connectivity index (χ1) is 25.6.